The molecule has 1 saturated heterocycles. The number of rotatable bonds is 4. The van der Waals surface area contributed by atoms with Gasteiger partial charge in [-0.3, -0.25) is 4.79 Å². The van der Waals surface area contributed by atoms with Crippen molar-refractivity contribution in [1.82, 2.24) is 14.9 Å². The van der Waals surface area contributed by atoms with Crippen LogP contribution in [0.4, 0.5) is 0 Å². The Morgan fingerprint density at radius 2 is 2.62 bits per heavy atom. The Morgan fingerprint density at radius 3 is 3.25 bits per heavy atom. The topological polar surface area (TPSA) is 56.2 Å². The zero-order chi connectivity index (χ0) is 11.4. The highest BCUT2D eigenvalue weighted by atomic mass is 35.5. The van der Waals surface area contributed by atoms with Gasteiger partial charge in [-0.1, -0.05) is 0 Å². The maximum atomic E-state index is 11.5. The van der Waals surface area contributed by atoms with Gasteiger partial charge in [-0.15, -0.1) is 0 Å². The minimum atomic E-state index is -0.0737. The summed E-state index contributed by atoms with van der Waals surface area (Å²) in [6.45, 7) is 1.57. The van der Waals surface area contributed by atoms with Gasteiger partial charge in [0.1, 0.15) is 6.54 Å². The van der Waals surface area contributed by atoms with Crippen molar-refractivity contribution in [3.63, 3.8) is 0 Å². The van der Waals surface area contributed by atoms with Gasteiger partial charge in [-0.25, -0.2) is 4.98 Å². The molecule has 1 fully saturated rings. The van der Waals surface area contributed by atoms with Crippen LogP contribution in [0.25, 0.3) is 0 Å². The highest BCUT2D eigenvalue weighted by molar-refractivity contribution is 6.28. The first-order chi connectivity index (χ1) is 7.75. The molecule has 1 N–H and O–H groups in total. The third-order valence-electron chi connectivity index (χ3n) is 2.53. The van der Waals surface area contributed by atoms with Crippen LogP contribution >= 0.6 is 11.6 Å². The van der Waals surface area contributed by atoms with Gasteiger partial charge in [-0.05, 0) is 24.4 Å². The van der Waals surface area contributed by atoms with E-state index in [0.29, 0.717) is 11.8 Å². The standard InChI is InChI=1S/C10H14ClN3O2/c11-10-12-3-4-14(10)7-9(15)13-6-8-2-1-5-16-8/h3-4,8H,1-2,5-7H2,(H,13,15). The van der Waals surface area contributed by atoms with Crippen molar-refractivity contribution in [1.29, 1.82) is 0 Å². The number of ether oxygens (including phenoxy) is 1. The molecule has 5 nitrogen and oxygen atoms in total. The Balaban J connectivity index is 1.74. The number of halogens is 1. The molecule has 16 heavy (non-hydrogen) atoms. The van der Waals surface area contributed by atoms with Crippen LogP contribution in [0.1, 0.15) is 12.8 Å². The van der Waals surface area contributed by atoms with Crippen molar-refractivity contribution in [3.05, 3.63) is 17.7 Å². The molecular formula is C10H14ClN3O2. The predicted octanol–water partition coefficient (Wildman–Crippen LogP) is 0.832. The molecule has 0 saturated carbocycles. The van der Waals surface area contributed by atoms with E-state index in [9.17, 15) is 4.79 Å². The molecule has 0 aliphatic carbocycles. The monoisotopic (exact) mass is 243 g/mol. The molecule has 0 spiro atoms. The minimum Gasteiger partial charge on any atom is -0.376 e. The Morgan fingerprint density at radius 1 is 1.75 bits per heavy atom. The number of nitrogens with zero attached hydrogens (tertiary/aromatic N) is 2. The van der Waals surface area contributed by atoms with Gasteiger partial charge in [0.2, 0.25) is 11.2 Å². The molecule has 1 aliphatic rings. The second-order valence-electron chi connectivity index (χ2n) is 3.76. The third kappa shape index (κ3) is 2.96. The molecule has 88 valence electrons. The van der Waals surface area contributed by atoms with Crippen LogP contribution in [0.15, 0.2) is 12.4 Å². The van der Waals surface area contributed by atoms with E-state index < -0.39 is 0 Å². The highest BCUT2D eigenvalue weighted by Gasteiger charge is 2.16. The average Bonchev–Trinajstić information content (AvgIpc) is 2.88. The van der Waals surface area contributed by atoms with Crippen LogP contribution in [-0.4, -0.2) is 34.7 Å². The van der Waals surface area contributed by atoms with Gasteiger partial charge in [0.05, 0.1) is 6.10 Å². The lowest BCUT2D eigenvalue weighted by atomic mass is 10.2. The number of imidazole rings is 1. The Bertz CT molecular complexity index is 361. The maximum absolute atomic E-state index is 11.5. The second-order valence-corrected chi connectivity index (χ2v) is 4.10. The van der Waals surface area contributed by atoms with Crippen LogP contribution in [0.5, 0.6) is 0 Å². The summed E-state index contributed by atoms with van der Waals surface area (Å²) in [6.07, 6.45) is 5.51. The van der Waals surface area contributed by atoms with E-state index in [1.54, 1.807) is 17.0 Å². The molecule has 2 heterocycles. The van der Waals surface area contributed by atoms with Gasteiger partial charge in [0, 0.05) is 25.5 Å². The summed E-state index contributed by atoms with van der Waals surface area (Å²) in [7, 11) is 0. The summed E-state index contributed by atoms with van der Waals surface area (Å²) in [6, 6.07) is 0. The number of amides is 1. The zero-order valence-corrected chi connectivity index (χ0v) is 9.61. The number of nitrogens with one attached hydrogen (secondary N) is 1. The van der Waals surface area contributed by atoms with Crippen LogP contribution in [-0.2, 0) is 16.1 Å². The summed E-state index contributed by atoms with van der Waals surface area (Å²) >= 11 is 5.76. The Kier molecular flexibility index (Phi) is 3.79. The fourth-order valence-corrected chi connectivity index (χ4v) is 1.84. The fraction of sp³-hybridized carbons (Fsp3) is 0.600. The van der Waals surface area contributed by atoms with E-state index in [1.165, 1.54) is 0 Å². The molecule has 0 bridgehead atoms. The van der Waals surface area contributed by atoms with Crippen molar-refractivity contribution in [2.45, 2.75) is 25.5 Å². The molecule has 1 aliphatic heterocycles. The van der Waals surface area contributed by atoms with Crippen molar-refractivity contribution >= 4 is 17.5 Å². The lowest BCUT2D eigenvalue weighted by molar-refractivity contribution is -0.122. The average molecular weight is 244 g/mol. The summed E-state index contributed by atoms with van der Waals surface area (Å²) in [5, 5.41) is 3.15. The normalized spacial score (nSPS) is 19.9. The first kappa shape index (κ1) is 11.4. The summed E-state index contributed by atoms with van der Waals surface area (Å²) in [5.41, 5.74) is 0. The van der Waals surface area contributed by atoms with Crippen LogP contribution in [0, 0.1) is 0 Å². The second kappa shape index (κ2) is 5.32. The first-order valence-electron chi connectivity index (χ1n) is 5.30. The van der Waals surface area contributed by atoms with Gasteiger partial charge in [-0.2, -0.15) is 0 Å². The molecule has 1 atom stereocenters. The van der Waals surface area contributed by atoms with Gasteiger partial charge in [0.25, 0.3) is 0 Å². The summed E-state index contributed by atoms with van der Waals surface area (Å²) in [5.74, 6) is -0.0737. The molecule has 0 aromatic carbocycles. The van der Waals surface area contributed by atoms with E-state index in [-0.39, 0.29) is 18.6 Å². The number of carbonyl (C=O) groups excluding carboxylic acids is 1. The quantitative estimate of drug-likeness (QED) is 0.852. The molecule has 6 heteroatoms. The van der Waals surface area contributed by atoms with E-state index >= 15 is 0 Å². The largest absolute Gasteiger partial charge is 0.376 e. The number of aromatic nitrogens is 2. The molecular weight excluding hydrogens is 230 g/mol. The molecule has 1 unspecified atom stereocenters. The Hall–Kier alpha value is -1.07. The van der Waals surface area contributed by atoms with Gasteiger partial charge < -0.3 is 14.6 Å². The van der Waals surface area contributed by atoms with Crippen molar-refractivity contribution < 1.29 is 9.53 Å². The molecule has 1 aromatic heterocycles. The molecule has 1 aromatic rings. The summed E-state index contributed by atoms with van der Waals surface area (Å²) in [4.78, 5) is 15.4. The third-order valence-corrected chi connectivity index (χ3v) is 2.84. The first-order valence-corrected chi connectivity index (χ1v) is 5.68. The summed E-state index contributed by atoms with van der Waals surface area (Å²) < 4.78 is 6.99. The Labute approximate surface area is 98.7 Å². The van der Waals surface area contributed by atoms with E-state index in [2.05, 4.69) is 10.3 Å². The van der Waals surface area contributed by atoms with Gasteiger partial charge in [0.15, 0.2) is 0 Å². The van der Waals surface area contributed by atoms with E-state index in [0.717, 1.165) is 19.4 Å². The highest BCUT2D eigenvalue weighted by Crippen LogP contribution is 2.10. The predicted molar refractivity (Wildman–Crippen MR) is 59.2 cm³/mol. The zero-order valence-electron chi connectivity index (χ0n) is 8.86. The van der Waals surface area contributed by atoms with Crippen LogP contribution < -0.4 is 5.32 Å². The lowest BCUT2D eigenvalue weighted by Crippen LogP contribution is -2.34. The molecule has 2 rings (SSSR count). The van der Waals surface area contributed by atoms with Crippen molar-refractivity contribution in [2.75, 3.05) is 13.2 Å². The minimum absolute atomic E-state index is 0.0737. The van der Waals surface area contributed by atoms with E-state index in [1.807, 2.05) is 0 Å². The SMILES string of the molecule is O=C(Cn1ccnc1Cl)NCC1CCCO1. The number of hydrogen-bond acceptors (Lipinski definition) is 3. The number of carbonyl (C=O) groups is 1. The van der Waals surface area contributed by atoms with Crippen LogP contribution in [0.3, 0.4) is 0 Å². The lowest BCUT2D eigenvalue weighted by Gasteiger charge is -2.11. The fourth-order valence-electron chi connectivity index (χ4n) is 1.67. The smallest absolute Gasteiger partial charge is 0.240 e. The van der Waals surface area contributed by atoms with Crippen molar-refractivity contribution in [2.24, 2.45) is 0 Å². The number of hydrogen-bond donors (Lipinski definition) is 1. The molecule has 0 radical (unpaired) electrons. The van der Waals surface area contributed by atoms with E-state index in [4.69, 9.17) is 16.3 Å². The van der Waals surface area contributed by atoms with Crippen LogP contribution in [0.2, 0.25) is 5.28 Å². The van der Waals surface area contributed by atoms with Crippen molar-refractivity contribution in [3.8, 4) is 0 Å². The van der Waals surface area contributed by atoms with Gasteiger partial charge >= 0.3 is 0 Å². The maximum Gasteiger partial charge on any atom is 0.240 e. The molecule has 1 amide bonds.